The van der Waals surface area contributed by atoms with E-state index in [0.717, 1.165) is 52.7 Å². The first-order chi connectivity index (χ1) is 11.9. The smallest absolute Gasteiger partial charge is 0.159 e. The molecule has 0 radical (unpaired) electrons. The standard InChI is InChI=1S/C20H18BrN3/c21-13-5-6-14-24-19-10-4-3-9-17(19)23-20(24)18-12-11-15-7-1-2-8-16(15)22-18/h1-4,7-12H,5-6,13-14H2. The van der Waals surface area contributed by atoms with Gasteiger partial charge in [-0.3, -0.25) is 0 Å². The van der Waals surface area contributed by atoms with E-state index in [4.69, 9.17) is 9.97 Å². The zero-order chi connectivity index (χ0) is 16.4. The lowest BCUT2D eigenvalue weighted by molar-refractivity contribution is 0.655. The van der Waals surface area contributed by atoms with Crippen LogP contribution in [0.15, 0.2) is 60.7 Å². The summed E-state index contributed by atoms with van der Waals surface area (Å²) in [5, 5.41) is 2.19. The first-order valence-electron chi connectivity index (χ1n) is 8.24. The molecule has 0 amide bonds. The zero-order valence-electron chi connectivity index (χ0n) is 13.3. The number of fused-ring (bicyclic) bond motifs is 2. The van der Waals surface area contributed by atoms with E-state index in [1.54, 1.807) is 0 Å². The van der Waals surface area contributed by atoms with Crippen molar-refractivity contribution >= 4 is 37.9 Å². The zero-order valence-corrected chi connectivity index (χ0v) is 14.9. The Bertz CT molecular complexity index is 990. The Morgan fingerprint density at radius 2 is 1.58 bits per heavy atom. The van der Waals surface area contributed by atoms with Gasteiger partial charge < -0.3 is 4.57 Å². The molecule has 24 heavy (non-hydrogen) atoms. The van der Waals surface area contributed by atoms with Crippen LogP contribution in [0.4, 0.5) is 0 Å². The van der Waals surface area contributed by atoms with Crippen molar-refractivity contribution in [2.45, 2.75) is 19.4 Å². The molecule has 2 heterocycles. The minimum Gasteiger partial charge on any atom is -0.323 e. The van der Waals surface area contributed by atoms with E-state index in [1.807, 2.05) is 18.2 Å². The average molecular weight is 380 g/mol. The van der Waals surface area contributed by atoms with Crippen molar-refractivity contribution in [3.05, 3.63) is 60.7 Å². The van der Waals surface area contributed by atoms with Gasteiger partial charge in [-0.25, -0.2) is 9.97 Å². The molecule has 0 unspecified atom stereocenters. The van der Waals surface area contributed by atoms with Crippen LogP contribution in [0.3, 0.4) is 0 Å². The van der Waals surface area contributed by atoms with E-state index >= 15 is 0 Å². The molecular weight excluding hydrogens is 362 g/mol. The molecule has 0 atom stereocenters. The van der Waals surface area contributed by atoms with Crippen LogP contribution in [0.2, 0.25) is 0 Å². The van der Waals surface area contributed by atoms with Gasteiger partial charge in [-0.1, -0.05) is 52.3 Å². The van der Waals surface area contributed by atoms with Gasteiger partial charge in [-0.15, -0.1) is 0 Å². The predicted molar refractivity (Wildman–Crippen MR) is 103 cm³/mol. The minimum absolute atomic E-state index is 0.934. The van der Waals surface area contributed by atoms with Crippen molar-refractivity contribution in [3.8, 4) is 11.5 Å². The number of rotatable bonds is 5. The van der Waals surface area contributed by atoms with Gasteiger partial charge in [0.25, 0.3) is 0 Å². The van der Waals surface area contributed by atoms with Gasteiger partial charge in [0, 0.05) is 17.3 Å². The number of halogens is 1. The first kappa shape index (κ1) is 15.3. The number of aryl methyl sites for hydroxylation is 1. The number of imidazole rings is 1. The molecule has 0 saturated carbocycles. The fourth-order valence-corrected chi connectivity index (χ4v) is 3.45. The topological polar surface area (TPSA) is 30.7 Å². The Balaban J connectivity index is 1.85. The SMILES string of the molecule is BrCCCCn1c(-c2ccc3ccccc3n2)nc2ccccc21. The summed E-state index contributed by atoms with van der Waals surface area (Å²) in [6, 6.07) is 20.7. The van der Waals surface area contributed by atoms with Crippen molar-refractivity contribution in [2.75, 3.05) is 5.33 Å². The number of hydrogen-bond acceptors (Lipinski definition) is 2. The number of para-hydroxylation sites is 3. The molecule has 0 saturated heterocycles. The molecule has 0 spiro atoms. The van der Waals surface area contributed by atoms with Gasteiger partial charge in [0.1, 0.15) is 5.69 Å². The quantitative estimate of drug-likeness (QED) is 0.342. The van der Waals surface area contributed by atoms with E-state index in [1.165, 1.54) is 5.52 Å². The van der Waals surface area contributed by atoms with Crippen LogP contribution in [0.25, 0.3) is 33.5 Å². The van der Waals surface area contributed by atoms with Crippen LogP contribution in [-0.2, 0) is 6.54 Å². The lowest BCUT2D eigenvalue weighted by Gasteiger charge is -2.09. The summed E-state index contributed by atoms with van der Waals surface area (Å²) in [5.41, 5.74) is 4.15. The number of aromatic nitrogens is 3. The average Bonchev–Trinajstić information content (AvgIpc) is 3.00. The van der Waals surface area contributed by atoms with E-state index < -0.39 is 0 Å². The number of alkyl halides is 1. The van der Waals surface area contributed by atoms with Crippen LogP contribution < -0.4 is 0 Å². The molecule has 0 N–H and O–H groups in total. The van der Waals surface area contributed by atoms with Crippen LogP contribution in [0.1, 0.15) is 12.8 Å². The van der Waals surface area contributed by atoms with Crippen LogP contribution in [-0.4, -0.2) is 19.9 Å². The Labute approximate surface area is 149 Å². The van der Waals surface area contributed by atoms with Gasteiger partial charge in [0.2, 0.25) is 0 Å². The first-order valence-corrected chi connectivity index (χ1v) is 9.36. The molecule has 0 aliphatic rings. The molecule has 4 rings (SSSR count). The number of pyridine rings is 1. The highest BCUT2D eigenvalue weighted by atomic mass is 79.9. The summed E-state index contributed by atoms with van der Waals surface area (Å²) in [6.07, 6.45) is 2.27. The van der Waals surface area contributed by atoms with Gasteiger partial charge >= 0.3 is 0 Å². The predicted octanol–water partition coefficient (Wildman–Crippen LogP) is 5.43. The lowest BCUT2D eigenvalue weighted by atomic mass is 10.2. The van der Waals surface area contributed by atoms with Crippen molar-refractivity contribution in [2.24, 2.45) is 0 Å². The number of nitrogens with zero attached hydrogens (tertiary/aromatic N) is 3. The van der Waals surface area contributed by atoms with Crippen LogP contribution >= 0.6 is 15.9 Å². The van der Waals surface area contributed by atoms with Crippen LogP contribution in [0.5, 0.6) is 0 Å². The molecule has 3 nitrogen and oxygen atoms in total. The number of unbranched alkanes of at least 4 members (excludes halogenated alkanes) is 1. The van der Waals surface area contributed by atoms with Gasteiger partial charge in [0.15, 0.2) is 5.82 Å². The van der Waals surface area contributed by atoms with Crippen molar-refractivity contribution in [3.63, 3.8) is 0 Å². The highest BCUT2D eigenvalue weighted by Crippen LogP contribution is 2.26. The Morgan fingerprint density at radius 1 is 0.792 bits per heavy atom. The largest absolute Gasteiger partial charge is 0.323 e. The summed E-state index contributed by atoms with van der Waals surface area (Å²) in [7, 11) is 0. The van der Waals surface area contributed by atoms with E-state index in [-0.39, 0.29) is 0 Å². The highest BCUT2D eigenvalue weighted by Gasteiger charge is 2.13. The second-order valence-corrected chi connectivity index (χ2v) is 6.65. The van der Waals surface area contributed by atoms with E-state index in [2.05, 4.69) is 63.0 Å². The van der Waals surface area contributed by atoms with Gasteiger partial charge in [-0.05, 0) is 37.1 Å². The molecule has 120 valence electrons. The molecule has 4 heteroatoms. The summed E-state index contributed by atoms with van der Waals surface area (Å²) in [6.45, 7) is 0.954. The summed E-state index contributed by atoms with van der Waals surface area (Å²) < 4.78 is 2.30. The van der Waals surface area contributed by atoms with Crippen molar-refractivity contribution in [1.82, 2.24) is 14.5 Å². The van der Waals surface area contributed by atoms with Gasteiger partial charge in [0.05, 0.1) is 16.6 Å². The van der Waals surface area contributed by atoms with Crippen molar-refractivity contribution < 1.29 is 0 Å². The third-order valence-electron chi connectivity index (χ3n) is 4.25. The molecule has 0 bridgehead atoms. The Kier molecular flexibility index (Phi) is 4.30. The van der Waals surface area contributed by atoms with E-state index in [0.29, 0.717) is 0 Å². The summed E-state index contributed by atoms with van der Waals surface area (Å²) >= 11 is 3.52. The third kappa shape index (κ3) is 2.82. The maximum absolute atomic E-state index is 4.86. The highest BCUT2D eigenvalue weighted by molar-refractivity contribution is 9.09. The van der Waals surface area contributed by atoms with Gasteiger partial charge in [-0.2, -0.15) is 0 Å². The lowest BCUT2D eigenvalue weighted by Crippen LogP contribution is -2.02. The number of benzene rings is 2. The minimum atomic E-state index is 0.934. The third-order valence-corrected chi connectivity index (χ3v) is 4.81. The summed E-state index contributed by atoms with van der Waals surface area (Å²) in [4.78, 5) is 9.69. The summed E-state index contributed by atoms with van der Waals surface area (Å²) in [5.74, 6) is 0.955. The monoisotopic (exact) mass is 379 g/mol. The molecule has 2 aromatic heterocycles. The molecule has 0 aliphatic heterocycles. The number of hydrogen-bond donors (Lipinski definition) is 0. The fourth-order valence-electron chi connectivity index (χ4n) is 3.05. The fraction of sp³-hybridized carbons (Fsp3) is 0.200. The van der Waals surface area contributed by atoms with Crippen LogP contribution in [0, 0.1) is 0 Å². The molecule has 0 aliphatic carbocycles. The van der Waals surface area contributed by atoms with E-state index in [9.17, 15) is 0 Å². The molecular formula is C20H18BrN3. The molecule has 4 aromatic rings. The second-order valence-electron chi connectivity index (χ2n) is 5.86. The maximum atomic E-state index is 4.86. The van der Waals surface area contributed by atoms with Crippen molar-refractivity contribution in [1.29, 1.82) is 0 Å². The Morgan fingerprint density at radius 3 is 2.46 bits per heavy atom. The molecule has 0 fully saturated rings. The Hall–Kier alpha value is -2.20. The maximum Gasteiger partial charge on any atom is 0.159 e. The normalized spacial score (nSPS) is 11.4. The second kappa shape index (κ2) is 6.73. The molecule has 2 aromatic carbocycles.